The van der Waals surface area contributed by atoms with Gasteiger partial charge in [0.1, 0.15) is 5.75 Å². The Morgan fingerprint density at radius 1 is 1.06 bits per heavy atom. The molecule has 0 radical (unpaired) electrons. The van der Waals surface area contributed by atoms with Crippen LogP contribution >= 0.6 is 11.6 Å². The van der Waals surface area contributed by atoms with E-state index in [2.05, 4.69) is 35.4 Å². The van der Waals surface area contributed by atoms with E-state index in [0.29, 0.717) is 22.7 Å². The molecule has 0 aliphatic heterocycles. The molecule has 5 nitrogen and oxygen atoms in total. The van der Waals surface area contributed by atoms with Crippen molar-refractivity contribution in [3.05, 3.63) is 53.2 Å². The monoisotopic (exact) mass is 479 g/mol. The zero-order valence-corrected chi connectivity index (χ0v) is 21.4. The number of pyridine rings is 1. The highest BCUT2D eigenvalue weighted by Gasteiger charge is 2.29. The summed E-state index contributed by atoms with van der Waals surface area (Å²) in [7, 11) is 4.29. The molecule has 3 aromatic rings. The molecule has 0 spiro atoms. The number of fused-ring (bicyclic) bond motifs is 1. The number of phenols is 1. The summed E-state index contributed by atoms with van der Waals surface area (Å²) in [6, 6.07) is 12.1. The van der Waals surface area contributed by atoms with Crippen molar-refractivity contribution in [1.29, 1.82) is 0 Å². The number of nitrogens with one attached hydrogen (secondary N) is 1. The van der Waals surface area contributed by atoms with Gasteiger partial charge in [0.25, 0.3) is 0 Å². The first kappa shape index (κ1) is 24.5. The molecule has 4 rings (SSSR count). The van der Waals surface area contributed by atoms with Crippen LogP contribution in [0.5, 0.6) is 5.75 Å². The summed E-state index contributed by atoms with van der Waals surface area (Å²) >= 11 is 6.17. The molecular weight excluding hydrogens is 446 g/mol. The normalized spacial score (nSPS) is 18.9. The van der Waals surface area contributed by atoms with Crippen molar-refractivity contribution < 1.29 is 9.90 Å². The smallest absolute Gasteiger partial charge is 0.171 e. The zero-order chi connectivity index (χ0) is 24.6. The molecule has 1 fully saturated rings. The van der Waals surface area contributed by atoms with Crippen LogP contribution in [0.2, 0.25) is 5.02 Å². The van der Waals surface area contributed by atoms with Gasteiger partial charge in [0.15, 0.2) is 5.78 Å². The molecule has 2 N–H and O–H groups in total. The first-order chi connectivity index (χ1) is 16.0. The SMILES string of the molecule is CN(C)[C@H]1CC[C@H](Nc2c(C(=O)C(C)(C)C)cnc3ccc(-c4ccc(O)c(Cl)c4)cc23)CC1. The average molecular weight is 480 g/mol. The lowest BCUT2D eigenvalue weighted by Crippen LogP contribution is -2.36. The van der Waals surface area contributed by atoms with Crippen molar-refractivity contribution in [3.8, 4) is 16.9 Å². The van der Waals surface area contributed by atoms with Crippen molar-refractivity contribution in [2.24, 2.45) is 5.41 Å². The predicted octanol–water partition coefficient (Wildman–Crippen LogP) is 6.77. The minimum atomic E-state index is -0.517. The largest absolute Gasteiger partial charge is 0.506 e. The molecule has 0 saturated heterocycles. The number of hydrogen-bond donors (Lipinski definition) is 2. The van der Waals surface area contributed by atoms with E-state index in [9.17, 15) is 9.90 Å². The molecule has 180 valence electrons. The topological polar surface area (TPSA) is 65.5 Å². The Kier molecular flexibility index (Phi) is 6.88. The molecule has 1 saturated carbocycles. The van der Waals surface area contributed by atoms with E-state index >= 15 is 0 Å². The van der Waals surface area contributed by atoms with Crippen LogP contribution in [0.25, 0.3) is 22.0 Å². The molecule has 0 bridgehead atoms. The molecular formula is C28H34ClN3O2. The number of benzene rings is 2. The van der Waals surface area contributed by atoms with Crippen LogP contribution in [-0.2, 0) is 0 Å². The molecule has 1 aromatic heterocycles. The number of aromatic hydroxyl groups is 1. The number of halogens is 1. The molecule has 1 heterocycles. The van der Waals surface area contributed by atoms with E-state index in [-0.39, 0.29) is 11.5 Å². The van der Waals surface area contributed by atoms with Gasteiger partial charge in [-0.05, 0) is 75.2 Å². The Morgan fingerprint density at radius 3 is 2.32 bits per heavy atom. The van der Waals surface area contributed by atoms with Gasteiger partial charge in [-0.25, -0.2) is 0 Å². The average Bonchev–Trinajstić information content (AvgIpc) is 2.80. The van der Waals surface area contributed by atoms with Crippen LogP contribution in [0.3, 0.4) is 0 Å². The number of rotatable bonds is 5. The van der Waals surface area contributed by atoms with Crippen LogP contribution in [0.1, 0.15) is 56.8 Å². The number of ketones is 1. The number of carbonyl (C=O) groups excluding carboxylic acids is 1. The maximum atomic E-state index is 13.4. The summed E-state index contributed by atoms with van der Waals surface area (Å²) in [4.78, 5) is 20.4. The van der Waals surface area contributed by atoms with Crippen LogP contribution in [0.15, 0.2) is 42.6 Å². The van der Waals surface area contributed by atoms with E-state index < -0.39 is 5.41 Å². The minimum Gasteiger partial charge on any atom is -0.506 e. The highest BCUT2D eigenvalue weighted by atomic mass is 35.5. The fourth-order valence-electron chi connectivity index (χ4n) is 4.73. The van der Waals surface area contributed by atoms with Gasteiger partial charge in [-0.1, -0.05) is 44.5 Å². The molecule has 1 aliphatic carbocycles. The van der Waals surface area contributed by atoms with Gasteiger partial charge in [0.2, 0.25) is 0 Å². The number of hydrogen-bond acceptors (Lipinski definition) is 5. The quantitative estimate of drug-likeness (QED) is 0.395. The Bertz CT molecular complexity index is 1210. The zero-order valence-electron chi connectivity index (χ0n) is 20.7. The van der Waals surface area contributed by atoms with Crippen molar-refractivity contribution in [3.63, 3.8) is 0 Å². The Hall–Kier alpha value is -2.63. The molecule has 0 amide bonds. The first-order valence-corrected chi connectivity index (χ1v) is 12.3. The van der Waals surface area contributed by atoms with Crippen molar-refractivity contribution in [2.75, 3.05) is 19.4 Å². The number of aromatic nitrogens is 1. The summed E-state index contributed by atoms with van der Waals surface area (Å²) in [6.07, 6.45) is 6.11. The summed E-state index contributed by atoms with van der Waals surface area (Å²) in [6.45, 7) is 5.83. The summed E-state index contributed by atoms with van der Waals surface area (Å²) < 4.78 is 0. The van der Waals surface area contributed by atoms with Gasteiger partial charge >= 0.3 is 0 Å². The van der Waals surface area contributed by atoms with Crippen molar-refractivity contribution in [2.45, 2.75) is 58.5 Å². The Balaban J connectivity index is 1.79. The molecule has 0 unspecified atom stereocenters. The standard InChI is InChI=1S/C28H34ClN3O2/c1-28(2,3)27(34)22-16-30-24-12-6-17(18-7-13-25(33)23(29)15-18)14-21(24)26(22)31-19-8-10-20(11-9-19)32(4)5/h6-7,12-16,19-20,33H,8-11H2,1-5H3,(H,30,31)/t19-,20-. The van der Waals surface area contributed by atoms with Crippen LogP contribution < -0.4 is 5.32 Å². The highest BCUT2D eigenvalue weighted by Crippen LogP contribution is 2.37. The molecule has 1 aliphatic rings. The Labute approximate surface area is 207 Å². The number of Topliss-reactive ketones (excluding diaryl/α,β-unsaturated/α-hetero) is 1. The summed E-state index contributed by atoms with van der Waals surface area (Å²) in [5, 5.41) is 14.8. The second-order valence-corrected chi connectivity index (χ2v) is 11.0. The van der Waals surface area contributed by atoms with Gasteiger partial charge in [0.05, 0.1) is 21.8 Å². The number of nitrogens with zero attached hydrogens (tertiary/aromatic N) is 2. The lowest BCUT2D eigenvalue weighted by atomic mass is 9.85. The lowest BCUT2D eigenvalue weighted by molar-refractivity contribution is 0.0859. The predicted molar refractivity (Wildman–Crippen MR) is 141 cm³/mol. The maximum Gasteiger partial charge on any atom is 0.171 e. The third-order valence-electron chi connectivity index (χ3n) is 6.85. The second-order valence-electron chi connectivity index (χ2n) is 10.6. The van der Waals surface area contributed by atoms with Gasteiger partial charge in [0, 0.05) is 29.1 Å². The van der Waals surface area contributed by atoms with Gasteiger partial charge in [-0.3, -0.25) is 9.78 Å². The van der Waals surface area contributed by atoms with Crippen LogP contribution in [0.4, 0.5) is 5.69 Å². The van der Waals surface area contributed by atoms with Gasteiger partial charge in [-0.2, -0.15) is 0 Å². The summed E-state index contributed by atoms with van der Waals surface area (Å²) in [5.41, 5.74) is 3.67. The van der Waals surface area contributed by atoms with Crippen LogP contribution in [0, 0.1) is 5.41 Å². The minimum absolute atomic E-state index is 0.0571. The molecule has 2 aromatic carbocycles. The highest BCUT2D eigenvalue weighted by molar-refractivity contribution is 6.32. The summed E-state index contributed by atoms with van der Waals surface area (Å²) in [5.74, 6) is 0.131. The van der Waals surface area contributed by atoms with E-state index in [1.165, 1.54) is 0 Å². The molecule has 34 heavy (non-hydrogen) atoms. The maximum absolute atomic E-state index is 13.4. The van der Waals surface area contributed by atoms with E-state index in [0.717, 1.165) is 53.4 Å². The third kappa shape index (κ3) is 5.06. The van der Waals surface area contributed by atoms with Crippen molar-refractivity contribution >= 4 is 34.0 Å². The number of phenolic OH excluding ortho intramolecular Hbond substituents is 1. The fraction of sp³-hybridized carbons (Fsp3) is 0.429. The van der Waals surface area contributed by atoms with Gasteiger partial charge < -0.3 is 15.3 Å². The Morgan fingerprint density at radius 2 is 1.71 bits per heavy atom. The number of carbonyl (C=O) groups is 1. The first-order valence-electron chi connectivity index (χ1n) is 11.9. The number of anilines is 1. The third-order valence-corrected chi connectivity index (χ3v) is 7.15. The van der Waals surface area contributed by atoms with E-state index in [1.54, 1.807) is 18.3 Å². The molecule has 6 heteroatoms. The second kappa shape index (κ2) is 9.55. The van der Waals surface area contributed by atoms with Crippen LogP contribution in [-0.4, -0.2) is 47.0 Å². The fourth-order valence-corrected chi connectivity index (χ4v) is 4.91. The van der Waals surface area contributed by atoms with Crippen molar-refractivity contribution in [1.82, 2.24) is 9.88 Å². The van der Waals surface area contributed by atoms with E-state index in [4.69, 9.17) is 11.6 Å². The van der Waals surface area contributed by atoms with E-state index in [1.807, 2.05) is 39.0 Å². The lowest BCUT2D eigenvalue weighted by Gasteiger charge is -2.34. The molecule has 0 atom stereocenters. The van der Waals surface area contributed by atoms with Gasteiger partial charge in [-0.15, -0.1) is 0 Å².